The number of hydrogen-bond acceptors (Lipinski definition) is 4. The zero-order valence-electron chi connectivity index (χ0n) is 14.7. The van der Waals surface area contributed by atoms with Crippen molar-refractivity contribution in [2.45, 2.75) is 58.1 Å². The molecule has 1 aromatic rings. The molecule has 144 valence electrons. The van der Waals surface area contributed by atoms with Crippen LogP contribution in [0.15, 0.2) is 18.2 Å². The molecule has 0 N–H and O–H groups in total. The Hall–Kier alpha value is -1.76. The van der Waals surface area contributed by atoms with Crippen LogP contribution in [0.3, 0.4) is 0 Å². The molecule has 7 heteroatoms. The minimum Gasteiger partial charge on any atom is -0.545 e. The number of rotatable bonds is 6. The number of carboxylic acid groups (broad SMARTS) is 1. The lowest BCUT2D eigenvalue weighted by molar-refractivity contribution is -0.255. The summed E-state index contributed by atoms with van der Waals surface area (Å²) in [7, 11) is 0. The number of halogens is 3. The Labute approximate surface area is 150 Å². The fourth-order valence-electron chi connectivity index (χ4n) is 3.95. The predicted molar refractivity (Wildman–Crippen MR) is 85.3 cm³/mol. The van der Waals surface area contributed by atoms with Crippen molar-refractivity contribution >= 4 is 5.97 Å². The number of fused-ring (bicyclic) bond motifs is 2. The van der Waals surface area contributed by atoms with E-state index in [-0.39, 0.29) is 17.6 Å². The Morgan fingerprint density at radius 1 is 1.23 bits per heavy atom. The van der Waals surface area contributed by atoms with Crippen LogP contribution in [0.1, 0.15) is 55.5 Å². The summed E-state index contributed by atoms with van der Waals surface area (Å²) in [5.41, 5.74) is -1.39. The van der Waals surface area contributed by atoms with Crippen LogP contribution in [0.5, 0.6) is 5.75 Å². The minimum absolute atomic E-state index is 0.0141. The first-order valence-electron chi connectivity index (χ1n) is 8.90. The van der Waals surface area contributed by atoms with Gasteiger partial charge in [-0.15, -0.1) is 0 Å². The van der Waals surface area contributed by atoms with E-state index >= 15 is 0 Å². The number of carbonyl (C=O) groups is 1. The Balaban J connectivity index is 1.83. The van der Waals surface area contributed by atoms with Crippen molar-refractivity contribution < 1.29 is 32.5 Å². The summed E-state index contributed by atoms with van der Waals surface area (Å²) >= 11 is 0. The third-order valence-corrected chi connectivity index (χ3v) is 5.29. The molecule has 3 rings (SSSR count). The quantitative estimate of drug-likeness (QED) is 0.717. The third-order valence-electron chi connectivity index (χ3n) is 5.29. The molecular weight excluding hydrogens is 349 g/mol. The molecule has 0 spiro atoms. The molecule has 0 aliphatic heterocycles. The molecule has 0 aromatic heterocycles. The molecule has 1 aromatic carbocycles. The van der Waals surface area contributed by atoms with Gasteiger partial charge in [-0.3, -0.25) is 0 Å². The van der Waals surface area contributed by atoms with Crippen molar-refractivity contribution in [3.63, 3.8) is 0 Å². The maximum absolute atomic E-state index is 13.3. The van der Waals surface area contributed by atoms with E-state index in [4.69, 9.17) is 9.47 Å². The van der Waals surface area contributed by atoms with Crippen molar-refractivity contribution in [1.29, 1.82) is 0 Å². The van der Waals surface area contributed by atoms with Crippen molar-refractivity contribution in [3.05, 3.63) is 29.3 Å². The smallest absolute Gasteiger partial charge is 0.419 e. The van der Waals surface area contributed by atoms with E-state index in [2.05, 4.69) is 0 Å². The summed E-state index contributed by atoms with van der Waals surface area (Å²) in [5.74, 6) is -1.23. The molecule has 0 amide bonds. The van der Waals surface area contributed by atoms with Crippen LogP contribution < -0.4 is 9.84 Å². The topological polar surface area (TPSA) is 58.6 Å². The fraction of sp³-hybridized carbons (Fsp3) is 0.632. The molecule has 0 heterocycles. The van der Waals surface area contributed by atoms with Gasteiger partial charge in [0.1, 0.15) is 5.75 Å². The molecule has 2 saturated carbocycles. The highest BCUT2D eigenvalue weighted by molar-refractivity contribution is 5.86. The average Bonchev–Trinajstić information content (AvgIpc) is 3.15. The lowest BCUT2D eigenvalue weighted by atomic mass is 9.97. The largest absolute Gasteiger partial charge is 0.545 e. The van der Waals surface area contributed by atoms with Crippen molar-refractivity contribution in [2.24, 2.45) is 17.8 Å². The molecule has 4 atom stereocenters. The second-order valence-electron chi connectivity index (χ2n) is 7.58. The first-order chi connectivity index (χ1) is 12.1. The monoisotopic (exact) mass is 371 g/mol. The number of ether oxygens (including phenoxy) is 2. The normalized spacial score (nSPS) is 26.3. The number of hydrogen-bond donors (Lipinski definition) is 0. The second-order valence-corrected chi connectivity index (χ2v) is 7.58. The molecular formula is C19H22F3O4-. The zero-order valence-corrected chi connectivity index (χ0v) is 14.7. The van der Waals surface area contributed by atoms with Gasteiger partial charge in [0.2, 0.25) is 6.29 Å². The summed E-state index contributed by atoms with van der Waals surface area (Å²) in [6.07, 6.45) is -1.28. The molecule has 2 aliphatic rings. The predicted octanol–water partition coefficient (Wildman–Crippen LogP) is 3.64. The van der Waals surface area contributed by atoms with Gasteiger partial charge < -0.3 is 19.4 Å². The Morgan fingerprint density at radius 2 is 1.96 bits per heavy atom. The van der Waals surface area contributed by atoms with Gasteiger partial charge in [-0.2, -0.15) is 13.2 Å². The van der Waals surface area contributed by atoms with Crippen LogP contribution in [0.4, 0.5) is 13.2 Å². The van der Waals surface area contributed by atoms with Gasteiger partial charge in [0, 0.05) is 11.5 Å². The van der Waals surface area contributed by atoms with Crippen molar-refractivity contribution in [2.75, 3.05) is 0 Å². The molecule has 2 fully saturated rings. The standard InChI is InChI=1S/C19H23F3O4/c1-10(2)18(25-15-8-11-3-4-12(15)7-11)26-16-9-13(17(23)24)5-6-14(16)19(20,21)22/h5-6,9-12,15,18H,3-4,7-8H2,1-2H3,(H,23,24)/p-1. The van der Waals surface area contributed by atoms with Crippen LogP contribution in [0, 0.1) is 17.8 Å². The van der Waals surface area contributed by atoms with E-state index in [1.165, 1.54) is 6.42 Å². The first-order valence-corrected chi connectivity index (χ1v) is 8.90. The van der Waals surface area contributed by atoms with Gasteiger partial charge in [0.25, 0.3) is 0 Å². The van der Waals surface area contributed by atoms with Gasteiger partial charge in [0.15, 0.2) is 0 Å². The highest BCUT2D eigenvalue weighted by atomic mass is 19.4. The van der Waals surface area contributed by atoms with Gasteiger partial charge >= 0.3 is 6.18 Å². The lowest BCUT2D eigenvalue weighted by Gasteiger charge is -2.31. The lowest BCUT2D eigenvalue weighted by Crippen LogP contribution is -2.34. The van der Waals surface area contributed by atoms with Crippen molar-refractivity contribution in [3.8, 4) is 5.75 Å². The van der Waals surface area contributed by atoms with Crippen LogP contribution in [0.25, 0.3) is 0 Å². The number of benzene rings is 1. The Bertz CT molecular complexity index is 671. The molecule has 26 heavy (non-hydrogen) atoms. The van der Waals surface area contributed by atoms with E-state index in [1.807, 2.05) is 0 Å². The number of carbonyl (C=O) groups excluding carboxylic acids is 1. The maximum atomic E-state index is 13.3. The van der Waals surface area contributed by atoms with Gasteiger partial charge in [-0.25, -0.2) is 0 Å². The third kappa shape index (κ3) is 3.98. The highest BCUT2D eigenvalue weighted by Crippen LogP contribution is 2.47. The number of aromatic carboxylic acids is 1. The second kappa shape index (κ2) is 7.10. The molecule has 4 nitrogen and oxygen atoms in total. The molecule has 2 bridgehead atoms. The Kier molecular flexibility index (Phi) is 5.19. The number of alkyl halides is 3. The highest BCUT2D eigenvalue weighted by Gasteiger charge is 2.42. The number of carboxylic acids is 1. The maximum Gasteiger partial charge on any atom is 0.419 e. The van der Waals surface area contributed by atoms with Crippen LogP contribution in [-0.4, -0.2) is 18.4 Å². The molecule has 0 saturated heterocycles. The zero-order chi connectivity index (χ0) is 19.1. The molecule has 0 radical (unpaired) electrons. The molecule has 2 aliphatic carbocycles. The summed E-state index contributed by atoms with van der Waals surface area (Å²) in [4.78, 5) is 11.0. The van der Waals surface area contributed by atoms with Gasteiger partial charge in [0.05, 0.1) is 17.6 Å². The first kappa shape index (κ1) is 19.0. The SMILES string of the molecule is CC(C)C(Oc1cc(C(=O)[O-])ccc1C(F)(F)F)OC1CC2CCC1C2. The summed E-state index contributed by atoms with van der Waals surface area (Å²) in [6.45, 7) is 3.60. The minimum atomic E-state index is -4.66. The van der Waals surface area contributed by atoms with Gasteiger partial charge in [-0.1, -0.05) is 19.9 Å². The Morgan fingerprint density at radius 3 is 2.46 bits per heavy atom. The van der Waals surface area contributed by atoms with E-state index in [9.17, 15) is 23.1 Å². The van der Waals surface area contributed by atoms with Crippen molar-refractivity contribution in [1.82, 2.24) is 0 Å². The average molecular weight is 371 g/mol. The van der Waals surface area contributed by atoms with Crippen LogP contribution >= 0.6 is 0 Å². The van der Waals surface area contributed by atoms with E-state index < -0.39 is 29.7 Å². The summed E-state index contributed by atoms with van der Waals surface area (Å²) in [6, 6.07) is 2.43. The van der Waals surface area contributed by atoms with Crippen LogP contribution in [-0.2, 0) is 10.9 Å². The van der Waals surface area contributed by atoms with E-state index in [0.717, 1.165) is 31.4 Å². The molecule has 4 unspecified atom stereocenters. The van der Waals surface area contributed by atoms with Gasteiger partial charge in [-0.05, 0) is 49.7 Å². The summed E-state index contributed by atoms with van der Waals surface area (Å²) in [5, 5.41) is 11.0. The van der Waals surface area contributed by atoms with Crippen LogP contribution in [0.2, 0.25) is 0 Å². The van der Waals surface area contributed by atoms with E-state index in [1.54, 1.807) is 13.8 Å². The summed E-state index contributed by atoms with van der Waals surface area (Å²) < 4.78 is 51.4. The fourth-order valence-corrected chi connectivity index (χ4v) is 3.95. The van der Waals surface area contributed by atoms with E-state index in [0.29, 0.717) is 17.9 Å².